The molecule has 4 N–H and O–H groups in total. The summed E-state index contributed by atoms with van der Waals surface area (Å²) in [5, 5.41) is 33.5. The first-order valence-electron chi connectivity index (χ1n) is 26.5. The molecular weight excluding hydrogens is 715 g/mol. The Morgan fingerprint density at radius 3 is 0.948 bits per heavy atom. The third-order valence-corrected chi connectivity index (χ3v) is 12.6. The smallest absolute Gasteiger partial charge is 0.249 e. The molecular formula is C53H105NO4. The van der Waals surface area contributed by atoms with Crippen LogP contribution in [0.25, 0.3) is 0 Å². The van der Waals surface area contributed by atoms with E-state index in [1.54, 1.807) is 0 Å². The summed E-state index contributed by atoms with van der Waals surface area (Å²) in [4.78, 5) is 12.5. The van der Waals surface area contributed by atoms with Crippen molar-refractivity contribution in [1.29, 1.82) is 0 Å². The SMILES string of the molecule is CCCCCCCCCCCCCC/C=C\CCCCCCCCC(O)C(=O)NC(CO)C(O)CCCCCCCCCCCCCCCCCCCCCCCC. The minimum atomic E-state index is -1.08. The van der Waals surface area contributed by atoms with Crippen LogP contribution in [0.3, 0.4) is 0 Å². The summed E-state index contributed by atoms with van der Waals surface area (Å²) in [6, 6.07) is -0.712. The monoisotopic (exact) mass is 820 g/mol. The number of carbonyl (C=O) groups excluding carboxylic acids is 1. The molecule has 0 aliphatic heterocycles. The lowest BCUT2D eigenvalue weighted by Crippen LogP contribution is -2.49. The normalized spacial score (nSPS) is 13.4. The van der Waals surface area contributed by atoms with Gasteiger partial charge in [-0.3, -0.25) is 4.79 Å². The summed E-state index contributed by atoms with van der Waals surface area (Å²) >= 11 is 0. The van der Waals surface area contributed by atoms with Gasteiger partial charge in [0.25, 0.3) is 0 Å². The van der Waals surface area contributed by atoms with Crippen molar-refractivity contribution in [2.75, 3.05) is 6.61 Å². The number of hydrogen-bond donors (Lipinski definition) is 4. The van der Waals surface area contributed by atoms with Crippen LogP contribution in [0, 0.1) is 0 Å². The van der Waals surface area contributed by atoms with Gasteiger partial charge in [0, 0.05) is 0 Å². The maximum Gasteiger partial charge on any atom is 0.249 e. The molecule has 0 bridgehead atoms. The van der Waals surface area contributed by atoms with Crippen molar-refractivity contribution < 1.29 is 20.1 Å². The fraction of sp³-hybridized carbons (Fsp3) is 0.943. The molecule has 346 valence electrons. The Morgan fingerprint density at radius 1 is 0.397 bits per heavy atom. The van der Waals surface area contributed by atoms with E-state index in [-0.39, 0.29) is 6.61 Å². The number of carbonyl (C=O) groups is 1. The van der Waals surface area contributed by atoms with E-state index in [9.17, 15) is 20.1 Å². The molecule has 0 aliphatic carbocycles. The molecule has 0 fully saturated rings. The van der Waals surface area contributed by atoms with Gasteiger partial charge in [0.15, 0.2) is 0 Å². The van der Waals surface area contributed by atoms with Crippen LogP contribution < -0.4 is 5.32 Å². The summed E-state index contributed by atoms with van der Waals surface area (Å²) in [6.07, 6.45) is 59.5. The number of aliphatic hydroxyl groups excluding tert-OH is 3. The van der Waals surface area contributed by atoms with Gasteiger partial charge in [0.1, 0.15) is 6.10 Å². The Hall–Kier alpha value is -0.910. The first-order valence-corrected chi connectivity index (χ1v) is 26.5. The molecule has 0 radical (unpaired) electrons. The molecule has 5 nitrogen and oxygen atoms in total. The number of unbranched alkanes of at least 4 members (excludes halogenated alkanes) is 39. The topological polar surface area (TPSA) is 89.8 Å². The summed E-state index contributed by atoms with van der Waals surface area (Å²) in [7, 11) is 0. The van der Waals surface area contributed by atoms with Gasteiger partial charge in [-0.2, -0.15) is 0 Å². The highest BCUT2D eigenvalue weighted by Gasteiger charge is 2.23. The number of hydrogen-bond acceptors (Lipinski definition) is 4. The molecule has 1 amide bonds. The van der Waals surface area contributed by atoms with Gasteiger partial charge in [-0.25, -0.2) is 0 Å². The van der Waals surface area contributed by atoms with Crippen molar-refractivity contribution in [3.8, 4) is 0 Å². The van der Waals surface area contributed by atoms with Crippen LogP contribution in [0.5, 0.6) is 0 Å². The second-order valence-electron chi connectivity index (χ2n) is 18.4. The van der Waals surface area contributed by atoms with Crippen LogP contribution in [-0.4, -0.2) is 46.1 Å². The first kappa shape index (κ1) is 57.1. The number of nitrogens with one attached hydrogen (secondary N) is 1. The fourth-order valence-corrected chi connectivity index (χ4v) is 8.48. The van der Waals surface area contributed by atoms with E-state index in [1.165, 1.54) is 238 Å². The van der Waals surface area contributed by atoms with E-state index in [4.69, 9.17) is 0 Å². The van der Waals surface area contributed by atoms with Crippen LogP contribution in [-0.2, 0) is 4.79 Å². The number of amides is 1. The largest absolute Gasteiger partial charge is 0.394 e. The molecule has 0 aliphatic rings. The van der Waals surface area contributed by atoms with Crippen LogP contribution in [0.1, 0.15) is 296 Å². The first-order chi connectivity index (χ1) is 28.6. The van der Waals surface area contributed by atoms with Crippen molar-refractivity contribution in [3.63, 3.8) is 0 Å². The molecule has 0 spiro atoms. The van der Waals surface area contributed by atoms with Crippen LogP contribution in [0.4, 0.5) is 0 Å². The molecule has 5 heteroatoms. The summed E-state index contributed by atoms with van der Waals surface area (Å²) in [5.74, 6) is -0.470. The van der Waals surface area contributed by atoms with Crippen molar-refractivity contribution in [1.82, 2.24) is 5.32 Å². The standard InChI is InChI=1S/C53H105NO4/c1-3-5-7-9-11-13-15-17-19-21-23-25-27-29-31-33-35-37-39-41-43-45-47-51(56)50(49-55)54-53(58)52(57)48-46-44-42-40-38-36-34-32-30-28-26-24-22-20-18-16-14-12-10-8-6-4-2/h30,32,50-52,55-57H,3-29,31,33-49H2,1-2H3,(H,54,58)/b32-30-. The van der Waals surface area contributed by atoms with E-state index in [1.807, 2.05) is 0 Å². The minimum absolute atomic E-state index is 0.312. The van der Waals surface area contributed by atoms with Gasteiger partial charge < -0.3 is 20.6 Å². The van der Waals surface area contributed by atoms with Gasteiger partial charge >= 0.3 is 0 Å². The summed E-state index contributed by atoms with van der Waals surface area (Å²) < 4.78 is 0. The maximum absolute atomic E-state index is 12.5. The average Bonchev–Trinajstić information content (AvgIpc) is 3.23. The molecule has 58 heavy (non-hydrogen) atoms. The maximum atomic E-state index is 12.5. The minimum Gasteiger partial charge on any atom is -0.394 e. The third-order valence-electron chi connectivity index (χ3n) is 12.6. The van der Waals surface area contributed by atoms with Gasteiger partial charge in [-0.1, -0.05) is 270 Å². The molecule has 3 unspecified atom stereocenters. The predicted molar refractivity (Wildman–Crippen MR) is 255 cm³/mol. The van der Waals surface area contributed by atoms with E-state index in [0.717, 1.165) is 32.1 Å². The van der Waals surface area contributed by atoms with Crippen molar-refractivity contribution >= 4 is 5.91 Å². The highest BCUT2D eigenvalue weighted by atomic mass is 16.3. The molecule has 0 aromatic carbocycles. The van der Waals surface area contributed by atoms with Crippen LogP contribution in [0.2, 0.25) is 0 Å². The average molecular weight is 820 g/mol. The quantitative estimate of drug-likeness (QED) is 0.0364. The van der Waals surface area contributed by atoms with Crippen LogP contribution in [0.15, 0.2) is 12.2 Å². The summed E-state index contributed by atoms with van der Waals surface area (Å²) in [5.41, 5.74) is 0. The second-order valence-corrected chi connectivity index (χ2v) is 18.4. The molecule has 0 rings (SSSR count). The number of allylic oxidation sites excluding steroid dienone is 2. The number of aliphatic hydroxyl groups is 3. The Bertz CT molecular complexity index is 818. The molecule has 3 atom stereocenters. The zero-order valence-corrected chi connectivity index (χ0v) is 39.5. The molecule has 0 saturated heterocycles. The molecule has 0 aromatic rings. The lowest BCUT2D eigenvalue weighted by Gasteiger charge is -2.23. The van der Waals surface area contributed by atoms with Crippen molar-refractivity contribution in [3.05, 3.63) is 12.2 Å². The molecule has 0 heterocycles. The number of rotatable bonds is 49. The Kier molecular flexibility index (Phi) is 48.0. The van der Waals surface area contributed by atoms with E-state index in [0.29, 0.717) is 12.8 Å². The van der Waals surface area contributed by atoms with Crippen molar-refractivity contribution in [2.24, 2.45) is 0 Å². The third kappa shape index (κ3) is 43.2. The zero-order valence-electron chi connectivity index (χ0n) is 39.5. The highest BCUT2D eigenvalue weighted by molar-refractivity contribution is 5.80. The van der Waals surface area contributed by atoms with Crippen LogP contribution >= 0.6 is 0 Å². The van der Waals surface area contributed by atoms with E-state index < -0.39 is 24.2 Å². The van der Waals surface area contributed by atoms with Gasteiger partial charge in [-0.05, 0) is 38.5 Å². The lowest BCUT2D eigenvalue weighted by atomic mass is 10.0. The van der Waals surface area contributed by atoms with E-state index >= 15 is 0 Å². The second kappa shape index (κ2) is 48.8. The molecule has 0 aromatic heterocycles. The highest BCUT2D eigenvalue weighted by Crippen LogP contribution is 2.17. The van der Waals surface area contributed by atoms with E-state index in [2.05, 4.69) is 31.3 Å². The molecule has 0 saturated carbocycles. The Morgan fingerprint density at radius 2 is 0.655 bits per heavy atom. The van der Waals surface area contributed by atoms with Gasteiger partial charge in [-0.15, -0.1) is 0 Å². The Labute approximate surface area is 363 Å². The van der Waals surface area contributed by atoms with Gasteiger partial charge in [0.2, 0.25) is 5.91 Å². The summed E-state index contributed by atoms with van der Waals surface area (Å²) in [6.45, 7) is 4.27. The Balaban J connectivity index is 3.55. The van der Waals surface area contributed by atoms with Gasteiger partial charge in [0.05, 0.1) is 18.8 Å². The predicted octanol–water partition coefficient (Wildman–Crippen LogP) is 15.9. The van der Waals surface area contributed by atoms with Crippen molar-refractivity contribution in [2.45, 2.75) is 315 Å². The fourth-order valence-electron chi connectivity index (χ4n) is 8.48. The lowest BCUT2D eigenvalue weighted by molar-refractivity contribution is -0.131. The zero-order chi connectivity index (χ0) is 42.3.